The molecule has 0 bridgehead atoms. The zero-order chi connectivity index (χ0) is 19.3. The lowest BCUT2D eigenvalue weighted by Gasteiger charge is -2.23. The Hall–Kier alpha value is -2.54. The minimum absolute atomic E-state index is 0.0751. The minimum atomic E-state index is -3.78. The van der Waals surface area contributed by atoms with E-state index in [-0.39, 0.29) is 16.8 Å². The van der Waals surface area contributed by atoms with Gasteiger partial charge in [0.1, 0.15) is 5.75 Å². The molecule has 0 saturated heterocycles. The topological polar surface area (TPSA) is 75.7 Å². The molecule has 0 spiro atoms. The van der Waals surface area contributed by atoms with Gasteiger partial charge >= 0.3 is 0 Å². The number of methoxy groups -OCH3 is 1. The largest absolute Gasteiger partial charge is 0.495 e. The number of nitrogens with zero attached hydrogens (tertiary/aromatic N) is 1. The molecule has 1 N–H and O–H groups in total. The highest BCUT2D eigenvalue weighted by molar-refractivity contribution is 7.92. The van der Waals surface area contributed by atoms with Gasteiger partial charge in [-0.15, -0.1) is 0 Å². The number of benzene rings is 2. The summed E-state index contributed by atoms with van der Waals surface area (Å²) in [5, 5.41) is 0. The average molecular weight is 376 g/mol. The first kappa shape index (κ1) is 19.8. The molecule has 0 aliphatic rings. The van der Waals surface area contributed by atoms with Gasteiger partial charge in [-0.1, -0.05) is 19.1 Å². The normalized spacial score (nSPS) is 12.3. The molecule has 0 radical (unpaired) electrons. The fraction of sp³-hybridized carbons (Fsp3) is 0.316. The molecule has 1 atom stereocenters. The predicted octanol–water partition coefficient (Wildman–Crippen LogP) is 3.37. The zero-order valence-corrected chi connectivity index (χ0v) is 16.2. The highest BCUT2D eigenvalue weighted by atomic mass is 32.2. The summed E-state index contributed by atoms with van der Waals surface area (Å²) < 4.78 is 32.8. The molecular formula is C19H24N2O4S. The van der Waals surface area contributed by atoms with Crippen molar-refractivity contribution in [3.8, 4) is 5.75 Å². The Labute approximate surface area is 154 Å². The van der Waals surface area contributed by atoms with E-state index in [1.54, 1.807) is 36.2 Å². The number of amides is 1. The Morgan fingerprint density at radius 1 is 1.15 bits per heavy atom. The van der Waals surface area contributed by atoms with Crippen LogP contribution in [0.4, 0.5) is 5.69 Å². The van der Waals surface area contributed by atoms with Crippen LogP contribution in [-0.4, -0.2) is 39.4 Å². The summed E-state index contributed by atoms with van der Waals surface area (Å²) in [5.41, 5.74) is 0.802. The molecule has 2 aromatic carbocycles. The summed E-state index contributed by atoms with van der Waals surface area (Å²) in [6, 6.07) is 12.8. The molecule has 6 nitrogen and oxygen atoms in total. The van der Waals surface area contributed by atoms with Crippen LogP contribution in [0.15, 0.2) is 53.4 Å². The van der Waals surface area contributed by atoms with E-state index in [0.717, 1.165) is 6.42 Å². The van der Waals surface area contributed by atoms with Crippen LogP contribution < -0.4 is 9.46 Å². The van der Waals surface area contributed by atoms with E-state index >= 15 is 0 Å². The third-order valence-electron chi connectivity index (χ3n) is 4.34. The standard InChI is InChI=1S/C19H24N2O4S/c1-5-14(2)21(3)19(22)15-10-12-16(13-11-15)26(23,24)20-17-8-6-7-9-18(17)25-4/h6-14,20H,5H2,1-4H3. The van der Waals surface area contributed by atoms with Gasteiger partial charge in [0.2, 0.25) is 0 Å². The van der Waals surface area contributed by atoms with Gasteiger partial charge in [0.25, 0.3) is 15.9 Å². The number of carbonyl (C=O) groups is 1. The quantitative estimate of drug-likeness (QED) is 0.804. The maximum absolute atomic E-state index is 12.6. The van der Waals surface area contributed by atoms with Crippen LogP contribution in [0.3, 0.4) is 0 Å². The summed E-state index contributed by atoms with van der Waals surface area (Å²) in [6.07, 6.45) is 0.845. The number of ether oxygens (including phenoxy) is 1. The van der Waals surface area contributed by atoms with Crippen molar-refractivity contribution in [1.82, 2.24) is 4.90 Å². The van der Waals surface area contributed by atoms with E-state index in [4.69, 9.17) is 4.74 Å². The first-order chi connectivity index (χ1) is 12.3. The summed E-state index contributed by atoms with van der Waals surface area (Å²) in [7, 11) is -0.571. The molecule has 0 saturated carbocycles. The summed E-state index contributed by atoms with van der Waals surface area (Å²) in [4.78, 5) is 14.1. The van der Waals surface area contributed by atoms with Crippen molar-refractivity contribution in [2.45, 2.75) is 31.2 Å². The van der Waals surface area contributed by atoms with E-state index in [2.05, 4.69) is 4.72 Å². The molecular weight excluding hydrogens is 352 g/mol. The van der Waals surface area contributed by atoms with E-state index < -0.39 is 10.0 Å². The Kier molecular flexibility index (Phi) is 6.26. The average Bonchev–Trinajstić information content (AvgIpc) is 2.66. The summed E-state index contributed by atoms with van der Waals surface area (Å²) >= 11 is 0. The lowest BCUT2D eigenvalue weighted by Crippen LogP contribution is -2.34. The number of rotatable bonds is 7. The van der Waals surface area contributed by atoms with E-state index in [0.29, 0.717) is 17.0 Å². The molecule has 0 fully saturated rings. The summed E-state index contributed by atoms with van der Waals surface area (Å²) in [5.74, 6) is 0.291. The fourth-order valence-electron chi connectivity index (χ4n) is 2.39. The molecule has 7 heteroatoms. The first-order valence-corrected chi connectivity index (χ1v) is 9.81. The van der Waals surface area contributed by atoms with Crippen molar-refractivity contribution in [2.24, 2.45) is 0 Å². The van der Waals surface area contributed by atoms with Crippen molar-refractivity contribution >= 4 is 21.6 Å². The molecule has 2 rings (SSSR count). The molecule has 0 aliphatic heterocycles. The number of anilines is 1. The lowest BCUT2D eigenvalue weighted by atomic mass is 10.1. The Balaban J connectivity index is 2.22. The van der Waals surface area contributed by atoms with Crippen LogP contribution in [0.1, 0.15) is 30.6 Å². The molecule has 0 aliphatic carbocycles. The Morgan fingerprint density at radius 2 is 1.77 bits per heavy atom. The predicted molar refractivity (Wildman–Crippen MR) is 102 cm³/mol. The van der Waals surface area contributed by atoms with Gasteiger partial charge in [0, 0.05) is 18.7 Å². The van der Waals surface area contributed by atoms with Crippen LogP contribution in [-0.2, 0) is 10.0 Å². The second-order valence-corrected chi connectivity index (χ2v) is 7.69. The first-order valence-electron chi connectivity index (χ1n) is 8.33. The smallest absolute Gasteiger partial charge is 0.262 e. The monoisotopic (exact) mass is 376 g/mol. The Morgan fingerprint density at radius 3 is 2.35 bits per heavy atom. The van der Waals surface area contributed by atoms with Crippen LogP contribution in [0, 0.1) is 0 Å². The van der Waals surface area contributed by atoms with Crippen LogP contribution in [0.2, 0.25) is 0 Å². The van der Waals surface area contributed by atoms with E-state index in [1.165, 1.54) is 31.4 Å². The van der Waals surface area contributed by atoms with Crippen LogP contribution >= 0.6 is 0 Å². The van der Waals surface area contributed by atoms with Gasteiger partial charge < -0.3 is 9.64 Å². The van der Waals surface area contributed by atoms with Crippen molar-refractivity contribution in [2.75, 3.05) is 18.9 Å². The number of nitrogens with one attached hydrogen (secondary N) is 1. The maximum atomic E-state index is 12.6. The number of hydrogen-bond acceptors (Lipinski definition) is 4. The molecule has 1 unspecified atom stereocenters. The number of para-hydroxylation sites is 2. The molecule has 140 valence electrons. The van der Waals surface area contributed by atoms with Crippen LogP contribution in [0.5, 0.6) is 5.75 Å². The minimum Gasteiger partial charge on any atom is -0.495 e. The highest BCUT2D eigenvalue weighted by Gasteiger charge is 2.19. The maximum Gasteiger partial charge on any atom is 0.262 e. The van der Waals surface area contributed by atoms with Crippen molar-refractivity contribution in [1.29, 1.82) is 0 Å². The number of sulfonamides is 1. The van der Waals surface area contributed by atoms with Gasteiger partial charge in [0.05, 0.1) is 17.7 Å². The van der Waals surface area contributed by atoms with Crippen molar-refractivity contribution < 1.29 is 17.9 Å². The van der Waals surface area contributed by atoms with Gasteiger partial charge in [-0.05, 0) is 49.7 Å². The molecule has 0 heterocycles. The van der Waals surface area contributed by atoms with Gasteiger partial charge in [-0.2, -0.15) is 0 Å². The SMILES string of the molecule is CCC(C)N(C)C(=O)c1ccc(S(=O)(=O)Nc2ccccc2OC)cc1. The third kappa shape index (κ3) is 4.35. The summed E-state index contributed by atoms with van der Waals surface area (Å²) in [6.45, 7) is 3.97. The molecule has 26 heavy (non-hydrogen) atoms. The number of carbonyl (C=O) groups excluding carboxylic acids is 1. The van der Waals surface area contributed by atoms with Gasteiger partial charge in [0.15, 0.2) is 0 Å². The van der Waals surface area contributed by atoms with Crippen molar-refractivity contribution in [3.05, 3.63) is 54.1 Å². The van der Waals surface area contributed by atoms with Gasteiger partial charge in [-0.3, -0.25) is 9.52 Å². The second-order valence-electron chi connectivity index (χ2n) is 6.00. The molecule has 0 aromatic heterocycles. The van der Waals surface area contributed by atoms with E-state index in [9.17, 15) is 13.2 Å². The number of hydrogen-bond donors (Lipinski definition) is 1. The lowest BCUT2D eigenvalue weighted by molar-refractivity contribution is 0.0740. The third-order valence-corrected chi connectivity index (χ3v) is 5.72. The Bertz CT molecular complexity index is 863. The van der Waals surface area contributed by atoms with Crippen molar-refractivity contribution in [3.63, 3.8) is 0 Å². The van der Waals surface area contributed by atoms with Gasteiger partial charge in [-0.25, -0.2) is 8.42 Å². The highest BCUT2D eigenvalue weighted by Crippen LogP contribution is 2.26. The second kappa shape index (κ2) is 8.23. The fourth-order valence-corrected chi connectivity index (χ4v) is 3.46. The molecule has 2 aromatic rings. The molecule has 1 amide bonds. The zero-order valence-electron chi connectivity index (χ0n) is 15.4. The van der Waals surface area contributed by atoms with E-state index in [1.807, 2.05) is 13.8 Å². The van der Waals surface area contributed by atoms with Crippen LogP contribution in [0.25, 0.3) is 0 Å².